The van der Waals surface area contributed by atoms with Gasteiger partial charge in [-0.1, -0.05) is 0 Å². The third kappa shape index (κ3) is 1.94. The van der Waals surface area contributed by atoms with E-state index in [1.807, 2.05) is 0 Å². The van der Waals surface area contributed by atoms with Gasteiger partial charge in [0, 0.05) is 37.9 Å². The molecule has 1 heterocycles. The van der Waals surface area contributed by atoms with Gasteiger partial charge in [0.1, 0.15) is 0 Å². The predicted octanol–water partition coefficient (Wildman–Crippen LogP) is 1.23. The van der Waals surface area contributed by atoms with Crippen LogP contribution < -0.4 is 5.73 Å². The van der Waals surface area contributed by atoms with Gasteiger partial charge >= 0.3 is 0 Å². The Morgan fingerprint density at radius 1 is 1.29 bits per heavy atom. The summed E-state index contributed by atoms with van der Waals surface area (Å²) in [6, 6.07) is 0.210. The molecule has 0 spiro atoms. The van der Waals surface area contributed by atoms with E-state index in [0.29, 0.717) is 24.9 Å². The van der Waals surface area contributed by atoms with E-state index in [9.17, 15) is 13.6 Å². The van der Waals surface area contributed by atoms with Crippen molar-refractivity contribution in [3.63, 3.8) is 0 Å². The van der Waals surface area contributed by atoms with Crippen molar-refractivity contribution in [2.45, 2.75) is 37.6 Å². The van der Waals surface area contributed by atoms with Crippen LogP contribution in [0.5, 0.6) is 0 Å². The van der Waals surface area contributed by atoms with Gasteiger partial charge < -0.3 is 10.6 Å². The van der Waals surface area contributed by atoms with Gasteiger partial charge in [-0.15, -0.1) is 0 Å². The number of likely N-dealkylation sites (tertiary alicyclic amines) is 1. The molecule has 3 nitrogen and oxygen atoms in total. The monoisotopic (exact) mass is 244 g/mol. The lowest BCUT2D eigenvalue weighted by Crippen LogP contribution is -2.50. The van der Waals surface area contributed by atoms with Gasteiger partial charge in [0.25, 0.3) is 5.92 Å². The van der Waals surface area contributed by atoms with E-state index in [2.05, 4.69) is 0 Å². The van der Waals surface area contributed by atoms with Crippen LogP contribution in [0.15, 0.2) is 0 Å². The molecule has 0 aromatic carbocycles. The van der Waals surface area contributed by atoms with E-state index in [1.165, 1.54) is 0 Å². The normalized spacial score (nSPS) is 42.6. The number of halogens is 2. The van der Waals surface area contributed by atoms with Crippen LogP contribution in [0, 0.1) is 17.8 Å². The van der Waals surface area contributed by atoms with E-state index < -0.39 is 11.8 Å². The first-order valence-corrected chi connectivity index (χ1v) is 6.38. The third-order valence-electron chi connectivity index (χ3n) is 4.64. The summed E-state index contributed by atoms with van der Waals surface area (Å²) in [7, 11) is 0. The Hall–Kier alpha value is -0.710. The van der Waals surface area contributed by atoms with Gasteiger partial charge in [0.05, 0.1) is 0 Å². The maximum absolute atomic E-state index is 12.8. The second-order valence-electron chi connectivity index (χ2n) is 5.84. The fourth-order valence-electron chi connectivity index (χ4n) is 3.30. The van der Waals surface area contributed by atoms with E-state index in [1.54, 1.807) is 4.90 Å². The minimum Gasteiger partial charge on any atom is -0.342 e. The molecule has 3 fully saturated rings. The van der Waals surface area contributed by atoms with Crippen molar-refractivity contribution >= 4 is 5.91 Å². The molecule has 0 aromatic rings. The fourth-order valence-corrected chi connectivity index (χ4v) is 3.30. The van der Waals surface area contributed by atoms with E-state index in [-0.39, 0.29) is 24.8 Å². The van der Waals surface area contributed by atoms with Gasteiger partial charge in [-0.25, -0.2) is 8.78 Å². The van der Waals surface area contributed by atoms with Crippen molar-refractivity contribution in [1.29, 1.82) is 0 Å². The van der Waals surface area contributed by atoms with Crippen LogP contribution in [0.3, 0.4) is 0 Å². The number of nitrogens with zero attached hydrogens (tertiary/aromatic N) is 1. The van der Waals surface area contributed by atoms with Crippen molar-refractivity contribution in [3.8, 4) is 0 Å². The molecule has 1 aliphatic heterocycles. The maximum atomic E-state index is 12.8. The van der Waals surface area contributed by atoms with Gasteiger partial charge in [-0.05, 0) is 24.7 Å². The average molecular weight is 244 g/mol. The number of piperidine rings is 1. The van der Waals surface area contributed by atoms with Crippen molar-refractivity contribution in [3.05, 3.63) is 0 Å². The number of fused-ring (bicyclic) bond motifs is 2. The maximum Gasteiger partial charge on any atom is 0.252 e. The largest absolute Gasteiger partial charge is 0.342 e. The topological polar surface area (TPSA) is 46.3 Å². The van der Waals surface area contributed by atoms with Crippen molar-refractivity contribution in [1.82, 2.24) is 4.90 Å². The lowest BCUT2D eigenvalue weighted by Gasteiger charge is -2.36. The second kappa shape index (κ2) is 3.64. The molecule has 2 saturated carbocycles. The summed E-state index contributed by atoms with van der Waals surface area (Å²) in [6.45, 7) is 1.35. The summed E-state index contributed by atoms with van der Waals surface area (Å²) >= 11 is 0. The first-order valence-electron chi connectivity index (χ1n) is 6.38. The SMILES string of the molecule is NC1[C@@H]2CC[C@H]1CN(C(=O)C[C@@H]1CC1(F)F)C2. The average Bonchev–Trinajstić information content (AvgIpc) is 2.82. The molecule has 5 heteroatoms. The zero-order valence-corrected chi connectivity index (χ0v) is 9.74. The number of amides is 1. The molecule has 4 atom stereocenters. The predicted molar refractivity (Wildman–Crippen MR) is 58.4 cm³/mol. The van der Waals surface area contributed by atoms with Gasteiger partial charge in [-0.3, -0.25) is 4.79 Å². The van der Waals surface area contributed by atoms with E-state index in [4.69, 9.17) is 5.73 Å². The summed E-state index contributed by atoms with van der Waals surface area (Å²) in [5.74, 6) is -2.62. The Bertz CT molecular complexity index is 333. The summed E-state index contributed by atoms with van der Waals surface area (Å²) < 4.78 is 25.5. The van der Waals surface area contributed by atoms with Crippen LogP contribution in [0.4, 0.5) is 8.78 Å². The van der Waals surface area contributed by atoms with Gasteiger partial charge in [-0.2, -0.15) is 0 Å². The quantitative estimate of drug-likeness (QED) is 0.794. The molecule has 17 heavy (non-hydrogen) atoms. The molecule has 3 rings (SSSR count). The molecule has 96 valence electrons. The molecule has 3 aliphatic rings. The number of carbonyl (C=O) groups excluding carboxylic acids is 1. The fraction of sp³-hybridized carbons (Fsp3) is 0.917. The Kier molecular flexibility index (Phi) is 2.44. The summed E-state index contributed by atoms with van der Waals surface area (Å²) in [6.07, 6.45) is 2.06. The van der Waals surface area contributed by atoms with Gasteiger partial charge in [0.15, 0.2) is 0 Å². The molecule has 0 radical (unpaired) electrons. The molecular weight excluding hydrogens is 226 g/mol. The Balaban J connectivity index is 1.57. The Morgan fingerprint density at radius 3 is 2.29 bits per heavy atom. The number of carbonyl (C=O) groups is 1. The first-order chi connectivity index (χ1) is 7.97. The highest BCUT2D eigenvalue weighted by molar-refractivity contribution is 5.77. The number of alkyl halides is 2. The summed E-state index contributed by atoms with van der Waals surface area (Å²) in [4.78, 5) is 13.7. The number of rotatable bonds is 2. The molecular formula is C12H18F2N2O. The van der Waals surface area contributed by atoms with Crippen LogP contribution in [0.25, 0.3) is 0 Å². The number of nitrogens with two attached hydrogens (primary N) is 1. The zero-order valence-electron chi connectivity index (χ0n) is 9.74. The Labute approximate surface area is 99.3 Å². The molecule has 1 saturated heterocycles. The Morgan fingerprint density at radius 2 is 1.82 bits per heavy atom. The van der Waals surface area contributed by atoms with Crippen molar-refractivity contribution < 1.29 is 13.6 Å². The molecule has 2 bridgehead atoms. The highest BCUT2D eigenvalue weighted by Gasteiger charge is 2.57. The number of hydrogen-bond acceptors (Lipinski definition) is 2. The molecule has 1 amide bonds. The van der Waals surface area contributed by atoms with E-state index >= 15 is 0 Å². The minimum absolute atomic E-state index is 0.0156. The van der Waals surface area contributed by atoms with Crippen molar-refractivity contribution in [2.75, 3.05) is 13.1 Å². The van der Waals surface area contributed by atoms with Crippen molar-refractivity contribution in [2.24, 2.45) is 23.5 Å². The molecule has 2 aliphatic carbocycles. The second-order valence-corrected chi connectivity index (χ2v) is 5.84. The zero-order chi connectivity index (χ0) is 12.2. The third-order valence-corrected chi connectivity index (χ3v) is 4.64. The van der Waals surface area contributed by atoms with Crippen LogP contribution >= 0.6 is 0 Å². The smallest absolute Gasteiger partial charge is 0.252 e. The highest BCUT2D eigenvalue weighted by Crippen LogP contribution is 2.51. The molecule has 2 N–H and O–H groups in total. The lowest BCUT2D eigenvalue weighted by molar-refractivity contribution is -0.134. The molecule has 0 aromatic heterocycles. The van der Waals surface area contributed by atoms with Crippen LogP contribution in [-0.2, 0) is 4.79 Å². The number of hydrogen-bond donors (Lipinski definition) is 1. The summed E-state index contributed by atoms with van der Waals surface area (Å²) in [5, 5.41) is 0. The van der Waals surface area contributed by atoms with Crippen LogP contribution in [0.1, 0.15) is 25.7 Å². The highest BCUT2D eigenvalue weighted by atomic mass is 19.3. The summed E-state index contributed by atoms with van der Waals surface area (Å²) in [5.41, 5.74) is 6.05. The lowest BCUT2D eigenvalue weighted by atomic mass is 9.93. The molecule has 1 unspecified atom stereocenters. The van der Waals surface area contributed by atoms with Crippen LogP contribution in [0.2, 0.25) is 0 Å². The first kappa shape index (κ1) is 11.4. The van der Waals surface area contributed by atoms with Crippen LogP contribution in [-0.4, -0.2) is 35.9 Å². The standard InChI is InChI=1S/C12H18F2N2O/c13-12(14)4-9(12)3-10(17)16-5-7-1-2-8(6-16)11(7)15/h7-9,11H,1-6,15H2/t7-,8+,9-,11?/m1/s1. The van der Waals surface area contributed by atoms with Gasteiger partial charge in [0.2, 0.25) is 5.91 Å². The minimum atomic E-state index is -2.58. The van der Waals surface area contributed by atoms with E-state index in [0.717, 1.165) is 12.8 Å².